The summed E-state index contributed by atoms with van der Waals surface area (Å²) >= 11 is 0. The molecule has 0 radical (unpaired) electrons. The topological polar surface area (TPSA) is 51.0 Å². The predicted molar refractivity (Wildman–Crippen MR) is 67.0 cm³/mol. The van der Waals surface area contributed by atoms with Crippen molar-refractivity contribution >= 4 is 0 Å². The Kier molecular flexibility index (Phi) is 5.01. The first kappa shape index (κ1) is 15.3. The summed E-state index contributed by atoms with van der Waals surface area (Å²) in [6, 6.07) is 0. The van der Waals surface area contributed by atoms with Gasteiger partial charge >= 0.3 is 6.18 Å². The molecule has 1 heterocycles. The van der Waals surface area contributed by atoms with Crippen LogP contribution in [0.5, 0.6) is 0 Å². The van der Waals surface area contributed by atoms with Crippen molar-refractivity contribution in [3.05, 3.63) is 11.8 Å². The second-order valence-electron chi connectivity index (χ2n) is 5.31. The van der Waals surface area contributed by atoms with Crippen molar-refractivity contribution < 1.29 is 17.6 Å². The summed E-state index contributed by atoms with van der Waals surface area (Å²) in [5, 5.41) is 10.9. The average molecular weight is 291 g/mol. The van der Waals surface area contributed by atoms with Crippen LogP contribution in [-0.2, 0) is 6.54 Å². The van der Waals surface area contributed by atoms with Crippen LogP contribution in [0.4, 0.5) is 13.2 Å². The highest BCUT2D eigenvalue weighted by Gasteiger charge is 2.43. The van der Waals surface area contributed by atoms with Crippen LogP contribution in [-0.4, -0.2) is 22.9 Å². The zero-order valence-corrected chi connectivity index (χ0v) is 11.5. The Morgan fingerprint density at radius 2 is 2.10 bits per heavy atom. The van der Waals surface area contributed by atoms with Crippen LogP contribution in [0.2, 0.25) is 0 Å². The lowest BCUT2D eigenvalue weighted by Gasteiger charge is -2.28. The maximum absolute atomic E-state index is 12.8. The number of nitrogens with one attached hydrogen (secondary N) is 1. The van der Waals surface area contributed by atoms with E-state index in [4.69, 9.17) is 4.42 Å². The zero-order valence-electron chi connectivity index (χ0n) is 11.5. The molecule has 0 bridgehead atoms. The van der Waals surface area contributed by atoms with E-state index in [0.29, 0.717) is 31.2 Å². The molecule has 1 aliphatic rings. The molecule has 20 heavy (non-hydrogen) atoms. The first-order valence-corrected chi connectivity index (χ1v) is 7.10. The Morgan fingerprint density at radius 1 is 1.30 bits per heavy atom. The molecule has 7 heteroatoms. The monoisotopic (exact) mass is 291 g/mol. The first-order valence-electron chi connectivity index (χ1n) is 7.10. The molecule has 2 rings (SSSR count). The normalized spacial score (nSPS) is 24.0. The number of hydrogen-bond donors (Lipinski definition) is 1. The van der Waals surface area contributed by atoms with Gasteiger partial charge in [-0.3, -0.25) is 0 Å². The average Bonchev–Trinajstić information content (AvgIpc) is 2.87. The highest BCUT2D eigenvalue weighted by molar-refractivity contribution is 4.96. The number of alkyl halides is 3. The first-order chi connectivity index (χ1) is 9.50. The number of aromatic nitrogens is 2. The third-order valence-electron chi connectivity index (χ3n) is 3.67. The van der Waals surface area contributed by atoms with E-state index in [1.165, 1.54) is 0 Å². The van der Waals surface area contributed by atoms with E-state index in [9.17, 15) is 13.2 Å². The van der Waals surface area contributed by atoms with Gasteiger partial charge in [-0.2, -0.15) is 13.2 Å². The van der Waals surface area contributed by atoms with Crippen LogP contribution in [0.25, 0.3) is 0 Å². The quantitative estimate of drug-likeness (QED) is 0.845. The van der Waals surface area contributed by atoms with Gasteiger partial charge in [0.2, 0.25) is 11.8 Å². The smallest absolute Gasteiger partial charge is 0.391 e. The summed E-state index contributed by atoms with van der Waals surface area (Å²) in [6.07, 6.45) is -1.61. The van der Waals surface area contributed by atoms with Crippen molar-refractivity contribution in [1.82, 2.24) is 15.5 Å². The maximum Gasteiger partial charge on any atom is 0.391 e. The van der Waals surface area contributed by atoms with Crippen molar-refractivity contribution in [1.29, 1.82) is 0 Å². The number of rotatable bonds is 5. The van der Waals surface area contributed by atoms with Gasteiger partial charge in [-0.25, -0.2) is 0 Å². The van der Waals surface area contributed by atoms with Crippen molar-refractivity contribution in [2.45, 2.75) is 57.7 Å². The predicted octanol–water partition coefficient (Wildman–Crippen LogP) is 3.41. The Morgan fingerprint density at radius 3 is 2.80 bits per heavy atom. The Hall–Kier alpha value is -1.11. The molecule has 114 valence electrons. The fourth-order valence-electron chi connectivity index (χ4n) is 2.59. The molecule has 1 saturated carbocycles. The molecule has 1 fully saturated rings. The van der Waals surface area contributed by atoms with Gasteiger partial charge in [-0.05, 0) is 32.2 Å². The summed E-state index contributed by atoms with van der Waals surface area (Å²) < 4.78 is 43.8. The second-order valence-corrected chi connectivity index (χ2v) is 5.31. The van der Waals surface area contributed by atoms with E-state index in [2.05, 4.69) is 15.5 Å². The minimum atomic E-state index is -4.12. The molecule has 0 spiro atoms. The Balaban J connectivity index is 1.94. The minimum absolute atomic E-state index is 0.0630. The van der Waals surface area contributed by atoms with Gasteiger partial charge in [-0.15, -0.1) is 10.2 Å². The van der Waals surface area contributed by atoms with Crippen LogP contribution < -0.4 is 5.32 Å². The summed E-state index contributed by atoms with van der Waals surface area (Å²) in [7, 11) is 0. The van der Waals surface area contributed by atoms with Crippen LogP contribution in [0.1, 0.15) is 56.7 Å². The summed E-state index contributed by atoms with van der Waals surface area (Å²) in [6.45, 7) is 3.36. The van der Waals surface area contributed by atoms with Crippen molar-refractivity contribution in [2.24, 2.45) is 5.92 Å². The SMILES string of the molecule is CCCNCc1nnc(C2CCCC(C(F)(F)F)C2)o1. The molecule has 2 unspecified atom stereocenters. The van der Waals surface area contributed by atoms with E-state index in [1.54, 1.807) is 0 Å². The van der Waals surface area contributed by atoms with Crippen LogP contribution in [0.15, 0.2) is 4.42 Å². The Bertz CT molecular complexity index is 419. The van der Waals surface area contributed by atoms with Gasteiger partial charge in [-0.1, -0.05) is 13.3 Å². The van der Waals surface area contributed by atoms with Gasteiger partial charge in [0.05, 0.1) is 12.5 Å². The number of halogens is 3. The minimum Gasteiger partial charge on any atom is -0.424 e. The fourth-order valence-corrected chi connectivity index (χ4v) is 2.59. The summed E-state index contributed by atoms with van der Waals surface area (Å²) in [5.74, 6) is -0.701. The van der Waals surface area contributed by atoms with E-state index in [1.807, 2.05) is 6.92 Å². The summed E-state index contributed by atoms with van der Waals surface area (Å²) in [4.78, 5) is 0. The van der Waals surface area contributed by atoms with E-state index < -0.39 is 12.1 Å². The molecular formula is C13H20F3N3O. The van der Waals surface area contributed by atoms with Gasteiger partial charge in [0.25, 0.3) is 0 Å². The molecule has 0 saturated heterocycles. The highest BCUT2D eigenvalue weighted by atomic mass is 19.4. The molecule has 0 amide bonds. The lowest BCUT2D eigenvalue weighted by Crippen LogP contribution is -2.28. The lowest BCUT2D eigenvalue weighted by atomic mass is 9.81. The van der Waals surface area contributed by atoms with Crippen LogP contribution in [0, 0.1) is 5.92 Å². The van der Waals surface area contributed by atoms with E-state index in [0.717, 1.165) is 13.0 Å². The highest BCUT2D eigenvalue weighted by Crippen LogP contribution is 2.43. The Labute approximate surface area is 116 Å². The van der Waals surface area contributed by atoms with E-state index >= 15 is 0 Å². The fraction of sp³-hybridized carbons (Fsp3) is 0.846. The third kappa shape index (κ3) is 3.94. The van der Waals surface area contributed by atoms with Gasteiger partial charge < -0.3 is 9.73 Å². The maximum atomic E-state index is 12.8. The molecule has 4 nitrogen and oxygen atoms in total. The van der Waals surface area contributed by atoms with Crippen molar-refractivity contribution in [3.63, 3.8) is 0 Å². The molecule has 0 aliphatic heterocycles. The zero-order chi connectivity index (χ0) is 14.6. The molecule has 0 aromatic carbocycles. The molecule has 1 aromatic heterocycles. The van der Waals surface area contributed by atoms with Gasteiger partial charge in [0, 0.05) is 5.92 Å². The standard InChI is InChI=1S/C13H20F3N3O/c1-2-6-17-8-11-18-19-12(20-11)9-4-3-5-10(7-9)13(14,15)16/h9-10,17H,2-8H2,1H3. The van der Waals surface area contributed by atoms with E-state index in [-0.39, 0.29) is 18.8 Å². The third-order valence-corrected chi connectivity index (χ3v) is 3.67. The molecule has 2 atom stereocenters. The molecule has 1 N–H and O–H groups in total. The second kappa shape index (κ2) is 6.56. The van der Waals surface area contributed by atoms with Crippen molar-refractivity contribution in [3.8, 4) is 0 Å². The lowest BCUT2D eigenvalue weighted by molar-refractivity contribution is -0.183. The number of nitrogens with zero attached hydrogens (tertiary/aromatic N) is 2. The van der Waals surface area contributed by atoms with Gasteiger partial charge in [0.15, 0.2) is 0 Å². The van der Waals surface area contributed by atoms with Crippen LogP contribution in [0.3, 0.4) is 0 Å². The largest absolute Gasteiger partial charge is 0.424 e. The van der Waals surface area contributed by atoms with Crippen LogP contribution >= 0.6 is 0 Å². The summed E-state index contributed by atoms with van der Waals surface area (Å²) in [5.41, 5.74) is 0. The molecular weight excluding hydrogens is 271 g/mol. The number of hydrogen-bond acceptors (Lipinski definition) is 4. The van der Waals surface area contributed by atoms with Crippen molar-refractivity contribution in [2.75, 3.05) is 6.54 Å². The molecule has 1 aromatic rings. The molecule has 1 aliphatic carbocycles. The van der Waals surface area contributed by atoms with Gasteiger partial charge in [0.1, 0.15) is 0 Å².